The zero-order chi connectivity index (χ0) is 18.1. The molecule has 0 spiro atoms. The first kappa shape index (κ1) is 18.0. The summed E-state index contributed by atoms with van der Waals surface area (Å²) in [7, 11) is 1.66. The number of hydrogen-bond acceptors (Lipinski definition) is 3. The van der Waals surface area contributed by atoms with Gasteiger partial charge in [0.05, 0.1) is 23.2 Å². The molecule has 25 heavy (non-hydrogen) atoms. The van der Waals surface area contributed by atoms with Crippen LogP contribution in [-0.4, -0.2) is 35.1 Å². The molecule has 0 radical (unpaired) electrons. The van der Waals surface area contributed by atoms with E-state index in [1.807, 2.05) is 13.0 Å². The average molecular weight is 381 g/mol. The van der Waals surface area contributed by atoms with Crippen molar-refractivity contribution in [1.29, 1.82) is 0 Å². The Balaban J connectivity index is 1.84. The normalized spacial score (nSPS) is 17.6. The molecule has 0 bridgehead atoms. The Hall–Kier alpha value is -1.82. The van der Waals surface area contributed by atoms with E-state index in [-0.39, 0.29) is 23.1 Å². The maximum atomic E-state index is 12.8. The third-order valence-electron chi connectivity index (χ3n) is 4.45. The molecular formula is C18H18Cl2N2O3. The van der Waals surface area contributed by atoms with E-state index in [0.29, 0.717) is 29.7 Å². The van der Waals surface area contributed by atoms with Gasteiger partial charge in [-0.25, -0.2) is 0 Å². The van der Waals surface area contributed by atoms with E-state index in [1.54, 1.807) is 36.2 Å². The van der Waals surface area contributed by atoms with Gasteiger partial charge in [-0.3, -0.25) is 9.59 Å². The fourth-order valence-corrected chi connectivity index (χ4v) is 3.12. The zero-order valence-corrected chi connectivity index (χ0v) is 15.5. The van der Waals surface area contributed by atoms with Crippen LogP contribution in [0.15, 0.2) is 35.1 Å². The Kier molecular flexibility index (Phi) is 5.18. The maximum Gasteiger partial charge on any atom is 0.263 e. The van der Waals surface area contributed by atoms with Crippen molar-refractivity contribution in [2.24, 2.45) is 7.05 Å². The topological polar surface area (TPSA) is 51.5 Å². The summed E-state index contributed by atoms with van der Waals surface area (Å²) in [6, 6.07) is 8.64. The van der Waals surface area contributed by atoms with E-state index in [4.69, 9.17) is 27.9 Å². The molecule has 1 aliphatic rings. The SMILES string of the molecule is Cc1ccc(C(=O)N2CCO[C@H](c3ccc(Cl)c(Cl)c3)C2)c(=O)n1C. The Labute approximate surface area is 155 Å². The molecule has 1 aromatic carbocycles. The van der Waals surface area contributed by atoms with Crippen LogP contribution >= 0.6 is 23.2 Å². The monoisotopic (exact) mass is 380 g/mol. The first-order chi connectivity index (χ1) is 11.9. The highest BCUT2D eigenvalue weighted by molar-refractivity contribution is 6.42. The van der Waals surface area contributed by atoms with Crippen molar-refractivity contribution in [3.05, 3.63) is 67.6 Å². The second kappa shape index (κ2) is 7.20. The van der Waals surface area contributed by atoms with Crippen molar-refractivity contribution in [2.75, 3.05) is 19.7 Å². The highest BCUT2D eigenvalue weighted by atomic mass is 35.5. The van der Waals surface area contributed by atoms with Crippen LogP contribution in [-0.2, 0) is 11.8 Å². The van der Waals surface area contributed by atoms with Gasteiger partial charge in [0.2, 0.25) is 0 Å². The number of hydrogen-bond donors (Lipinski definition) is 0. The number of carbonyl (C=O) groups excluding carboxylic acids is 1. The molecule has 2 heterocycles. The predicted molar refractivity (Wildman–Crippen MR) is 97.5 cm³/mol. The number of carbonyl (C=O) groups is 1. The number of benzene rings is 1. The molecule has 1 aromatic heterocycles. The van der Waals surface area contributed by atoms with Crippen LogP contribution in [0.2, 0.25) is 10.0 Å². The number of halogens is 2. The second-order valence-corrected chi connectivity index (χ2v) is 6.85. The highest BCUT2D eigenvalue weighted by Crippen LogP contribution is 2.29. The van der Waals surface area contributed by atoms with E-state index < -0.39 is 0 Å². The summed E-state index contributed by atoms with van der Waals surface area (Å²) in [5.74, 6) is -0.283. The molecule has 5 nitrogen and oxygen atoms in total. The lowest BCUT2D eigenvalue weighted by Crippen LogP contribution is -2.44. The fraction of sp³-hybridized carbons (Fsp3) is 0.333. The van der Waals surface area contributed by atoms with Gasteiger partial charge in [-0.15, -0.1) is 0 Å². The lowest BCUT2D eigenvalue weighted by Gasteiger charge is -2.33. The number of pyridine rings is 1. The third kappa shape index (κ3) is 3.59. The molecule has 3 rings (SSSR count). The van der Waals surface area contributed by atoms with Crippen molar-refractivity contribution < 1.29 is 9.53 Å². The minimum atomic E-state index is -0.304. The molecule has 1 aliphatic heterocycles. The number of aromatic nitrogens is 1. The molecule has 132 valence electrons. The molecule has 2 aromatic rings. The van der Waals surface area contributed by atoms with Gasteiger partial charge >= 0.3 is 0 Å². The largest absolute Gasteiger partial charge is 0.370 e. The summed E-state index contributed by atoms with van der Waals surface area (Å²) >= 11 is 12.0. The first-order valence-corrected chi connectivity index (χ1v) is 8.66. The van der Waals surface area contributed by atoms with Gasteiger partial charge in [0, 0.05) is 19.3 Å². The molecule has 0 unspecified atom stereocenters. The quantitative estimate of drug-likeness (QED) is 0.803. The lowest BCUT2D eigenvalue weighted by molar-refractivity contribution is -0.0228. The van der Waals surface area contributed by atoms with E-state index >= 15 is 0 Å². The fourth-order valence-electron chi connectivity index (χ4n) is 2.81. The van der Waals surface area contributed by atoms with Crippen LogP contribution in [0.5, 0.6) is 0 Å². The number of morpholine rings is 1. The molecule has 0 saturated carbocycles. The Morgan fingerprint density at radius 1 is 1.20 bits per heavy atom. The van der Waals surface area contributed by atoms with Gasteiger partial charge in [0.1, 0.15) is 11.7 Å². The van der Waals surface area contributed by atoms with Crippen molar-refractivity contribution in [3.63, 3.8) is 0 Å². The molecule has 0 N–H and O–H groups in total. The molecule has 1 atom stereocenters. The van der Waals surface area contributed by atoms with E-state index in [9.17, 15) is 9.59 Å². The van der Waals surface area contributed by atoms with Gasteiger partial charge < -0.3 is 14.2 Å². The van der Waals surface area contributed by atoms with Crippen LogP contribution in [0.4, 0.5) is 0 Å². The van der Waals surface area contributed by atoms with Crippen molar-refractivity contribution in [2.45, 2.75) is 13.0 Å². The summed E-state index contributed by atoms with van der Waals surface area (Å²) in [6.07, 6.45) is -0.304. The Morgan fingerprint density at radius 3 is 2.68 bits per heavy atom. The molecule has 1 saturated heterocycles. The lowest BCUT2D eigenvalue weighted by atomic mass is 10.1. The molecule has 1 amide bonds. The summed E-state index contributed by atoms with van der Waals surface area (Å²) in [6.45, 7) is 3.01. The van der Waals surface area contributed by atoms with Gasteiger partial charge in [-0.05, 0) is 36.8 Å². The predicted octanol–water partition coefficient (Wildman–Crippen LogP) is 3.21. The number of rotatable bonds is 2. The first-order valence-electron chi connectivity index (χ1n) is 7.91. The second-order valence-electron chi connectivity index (χ2n) is 6.04. The average Bonchev–Trinajstić information content (AvgIpc) is 2.62. The molecule has 0 aliphatic carbocycles. The van der Waals surface area contributed by atoms with Crippen LogP contribution in [0, 0.1) is 6.92 Å². The van der Waals surface area contributed by atoms with E-state index in [2.05, 4.69) is 0 Å². The van der Waals surface area contributed by atoms with Gasteiger partial charge in [-0.1, -0.05) is 29.3 Å². The summed E-state index contributed by atoms with van der Waals surface area (Å²) in [4.78, 5) is 26.8. The van der Waals surface area contributed by atoms with E-state index in [1.165, 1.54) is 4.57 Å². The van der Waals surface area contributed by atoms with Crippen molar-refractivity contribution in [1.82, 2.24) is 9.47 Å². The number of ether oxygens (including phenoxy) is 1. The zero-order valence-electron chi connectivity index (χ0n) is 14.0. The number of aryl methyl sites for hydroxylation is 1. The maximum absolute atomic E-state index is 12.8. The van der Waals surface area contributed by atoms with Crippen LogP contribution in [0.1, 0.15) is 27.7 Å². The van der Waals surface area contributed by atoms with Crippen LogP contribution in [0.25, 0.3) is 0 Å². The minimum absolute atomic E-state index is 0.169. The molecule has 7 heteroatoms. The Bertz CT molecular complexity index is 879. The Morgan fingerprint density at radius 2 is 1.96 bits per heavy atom. The molecule has 1 fully saturated rings. The van der Waals surface area contributed by atoms with Crippen molar-refractivity contribution >= 4 is 29.1 Å². The molecular weight excluding hydrogens is 363 g/mol. The summed E-state index contributed by atoms with van der Waals surface area (Å²) < 4.78 is 7.25. The van der Waals surface area contributed by atoms with Gasteiger partial charge in [-0.2, -0.15) is 0 Å². The third-order valence-corrected chi connectivity index (χ3v) is 5.19. The minimum Gasteiger partial charge on any atom is -0.370 e. The number of nitrogens with zero attached hydrogens (tertiary/aromatic N) is 2. The number of amides is 1. The summed E-state index contributed by atoms with van der Waals surface area (Å²) in [5, 5.41) is 0.913. The standard InChI is InChI=1S/C18H18Cl2N2O3/c1-11-3-5-13(17(23)21(11)2)18(24)22-7-8-25-16(10-22)12-4-6-14(19)15(20)9-12/h3-6,9,16H,7-8,10H2,1-2H3/t16-/m0/s1. The van der Waals surface area contributed by atoms with Crippen LogP contribution in [0.3, 0.4) is 0 Å². The van der Waals surface area contributed by atoms with Gasteiger partial charge in [0.25, 0.3) is 11.5 Å². The van der Waals surface area contributed by atoms with Gasteiger partial charge in [0.15, 0.2) is 0 Å². The highest BCUT2D eigenvalue weighted by Gasteiger charge is 2.28. The summed E-state index contributed by atoms with van der Waals surface area (Å²) in [5.41, 5.74) is 1.53. The van der Waals surface area contributed by atoms with E-state index in [0.717, 1.165) is 11.3 Å². The van der Waals surface area contributed by atoms with Crippen molar-refractivity contribution in [3.8, 4) is 0 Å². The smallest absolute Gasteiger partial charge is 0.263 e. The van der Waals surface area contributed by atoms with Crippen LogP contribution < -0.4 is 5.56 Å².